The van der Waals surface area contributed by atoms with E-state index in [-0.39, 0.29) is 0 Å². The van der Waals surface area contributed by atoms with Gasteiger partial charge in [-0.05, 0) is 38.6 Å². The second-order valence-electron chi connectivity index (χ2n) is 5.28. The van der Waals surface area contributed by atoms with Crippen LogP contribution in [0.15, 0.2) is 0 Å². The van der Waals surface area contributed by atoms with Gasteiger partial charge in [-0.2, -0.15) is 0 Å². The Balaban J connectivity index is 1.81. The van der Waals surface area contributed by atoms with Gasteiger partial charge in [0.25, 0.3) is 0 Å². The molecule has 3 heteroatoms. The van der Waals surface area contributed by atoms with E-state index in [1.54, 1.807) is 0 Å². The summed E-state index contributed by atoms with van der Waals surface area (Å²) in [7, 11) is -0.546. The van der Waals surface area contributed by atoms with Crippen LogP contribution in [0.25, 0.3) is 0 Å². The molecule has 16 heavy (non-hydrogen) atoms. The van der Waals surface area contributed by atoms with Crippen molar-refractivity contribution in [1.82, 2.24) is 5.32 Å². The number of hydrogen-bond donors (Lipinski definition) is 1. The number of rotatable bonds is 4. The van der Waals surface area contributed by atoms with E-state index in [1.807, 2.05) is 0 Å². The zero-order valence-corrected chi connectivity index (χ0v) is 11.2. The molecule has 3 atom stereocenters. The normalized spacial score (nSPS) is 34.1. The maximum atomic E-state index is 12.4. The van der Waals surface area contributed by atoms with Crippen LogP contribution < -0.4 is 5.32 Å². The van der Waals surface area contributed by atoms with Gasteiger partial charge in [0.2, 0.25) is 0 Å². The van der Waals surface area contributed by atoms with Crippen LogP contribution in [0, 0.1) is 0 Å². The maximum Gasteiger partial charge on any atom is 0.0366 e. The van der Waals surface area contributed by atoms with Crippen LogP contribution in [-0.2, 0) is 10.8 Å². The molecule has 94 valence electrons. The summed E-state index contributed by atoms with van der Waals surface area (Å²) in [5.74, 6) is 0. The molecule has 0 aromatic heterocycles. The first-order chi connectivity index (χ1) is 7.81. The molecule has 3 unspecified atom stereocenters. The fourth-order valence-corrected chi connectivity index (χ4v) is 5.33. The van der Waals surface area contributed by atoms with Crippen molar-refractivity contribution in [3.8, 4) is 0 Å². The summed E-state index contributed by atoms with van der Waals surface area (Å²) in [5.41, 5.74) is 0. The standard InChI is InChI=1S/C13H25NOS/c1-2-14-11-8-9-13(10-11)16(15)12-6-4-3-5-7-12/h11-14H,2-10H2,1H3. The third-order valence-corrected chi connectivity index (χ3v) is 6.30. The van der Waals surface area contributed by atoms with Crippen molar-refractivity contribution in [1.29, 1.82) is 0 Å². The highest BCUT2D eigenvalue weighted by molar-refractivity contribution is 7.86. The Labute approximate surface area is 102 Å². The van der Waals surface area contributed by atoms with E-state index in [0.717, 1.165) is 13.0 Å². The van der Waals surface area contributed by atoms with Crippen molar-refractivity contribution in [2.24, 2.45) is 0 Å². The van der Waals surface area contributed by atoms with Gasteiger partial charge in [0, 0.05) is 27.3 Å². The minimum absolute atomic E-state index is 0.493. The largest absolute Gasteiger partial charge is 0.314 e. The van der Waals surface area contributed by atoms with Crippen molar-refractivity contribution in [2.75, 3.05) is 6.54 Å². The summed E-state index contributed by atoms with van der Waals surface area (Å²) in [6.07, 6.45) is 9.97. The summed E-state index contributed by atoms with van der Waals surface area (Å²) in [4.78, 5) is 0. The van der Waals surface area contributed by atoms with Gasteiger partial charge in [-0.1, -0.05) is 26.2 Å². The van der Waals surface area contributed by atoms with Crippen LogP contribution in [0.5, 0.6) is 0 Å². The molecular weight excluding hydrogens is 218 g/mol. The number of nitrogens with one attached hydrogen (secondary N) is 1. The Morgan fingerprint density at radius 1 is 1.06 bits per heavy atom. The van der Waals surface area contributed by atoms with Gasteiger partial charge in [-0.25, -0.2) is 0 Å². The summed E-state index contributed by atoms with van der Waals surface area (Å²) in [6.45, 7) is 3.21. The van der Waals surface area contributed by atoms with Gasteiger partial charge in [0.05, 0.1) is 0 Å². The molecule has 0 saturated heterocycles. The average Bonchev–Trinajstić information content (AvgIpc) is 2.78. The van der Waals surface area contributed by atoms with Crippen LogP contribution in [-0.4, -0.2) is 27.3 Å². The van der Waals surface area contributed by atoms with Crippen LogP contribution in [0.1, 0.15) is 58.3 Å². The van der Waals surface area contributed by atoms with Gasteiger partial charge in [-0.15, -0.1) is 0 Å². The van der Waals surface area contributed by atoms with E-state index in [9.17, 15) is 4.21 Å². The van der Waals surface area contributed by atoms with Crippen molar-refractivity contribution in [3.63, 3.8) is 0 Å². The lowest BCUT2D eigenvalue weighted by Crippen LogP contribution is -2.30. The molecule has 2 aliphatic rings. The molecule has 2 fully saturated rings. The van der Waals surface area contributed by atoms with E-state index in [0.29, 0.717) is 16.5 Å². The maximum absolute atomic E-state index is 12.4. The Morgan fingerprint density at radius 2 is 1.81 bits per heavy atom. The van der Waals surface area contributed by atoms with E-state index >= 15 is 0 Å². The summed E-state index contributed by atoms with van der Waals surface area (Å²) in [5, 5.41) is 4.52. The molecular formula is C13H25NOS. The third kappa shape index (κ3) is 3.07. The molecule has 0 radical (unpaired) electrons. The molecule has 0 aromatic carbocycles. The lowest BCUT2D eigenvalue weighted by molar-refractivity contribution is 0.500. The highest BCUT2D eigenvalue weighted by atomic mass is 32.2. The molecule has 0 amide bonds. The highest BCUT2D eigenvalue weighted by Gasteiger charge is 2.32. The molecule has 2 rings (SSSR count). The SMILES string of the molecule is CCNC1CCC(S(=O)C2CCCCC2)C1. The van der Waals surface area contributed by atoms with Gasteiger partial charge >= 0.3 is 0 Å². The van der Waals surface area contributed by atoms with Crippen molar-refractivity contribution in [2.45, 2.75) is 74.8 Å². The Morgan fingerprint density at radius 3 is 2.50 bits per heavy atom. The van der Waals surface area contributed by atoms with E-state index < -0.39 is 10.8 Å². The highest BCUT2D eigenvalue weighted by Crippen LogP contribution is 2.30. The Hall–Kier alpha value is 0.110. The molecule has 1 N–H and O–H groups in total. The molecule has 0 aromatic rings. The lowest BCUT2D eigenvalue weighted by Gasteiger charge is -2.24. The van der Waals surface area contributed by atoms with E-state index in [4.69, 9.17) is 0 Å². The van der Waals surface area contributed by atoms with Gasteiger partial charge in [0.1, 0.15) is 0 Å². The number of hydrogen-bond acceptors (Lipinski definition) is 2. The first-order valence-electron chi connectivity index (χ1n) is 6.94. The fraction of sp³-hybridized carbons (Fsp3) is 1.00. The third-order valence-electron chi connectivity index (χ3n) is 4.09. The molecule has 2 aliphatic carbocycles. The fourth-order valence-electron chi connectivity index (χ4n) is 3.19. The minimum Gasteiger partial charge on any atom is -0.314 e. The van der Waals surface area contributed by atoms with Crippen LogP contribution in [0.4, 0.5) is 0 Å². The van der Waals surface area contributed by atoms with E-state index in [2.05, 4.69) is 12.2 Å². The van der Waals surface area contributed by atoms with Crippen molar-refractivity contribution < 1.29 is 4.21 Å². The van der Waals surface area contributed by atoms with E-state index in [1.165, 1.54) is 44.9 Å². The van der Waals surface area contributed by atoms with Crippen LogP contribution in [0.3, 0.4) is 0 Å². The zero-order valence-electron chi connectivity index (χ0n) is 10.4. The van der Waals surface area contributed by atoms with Crippen LogP contribution in [0.2, 0.25) is 0 Å². The van der Waals surface area contributed by atoms with Gasteiger partial charge < -0.3 is 5.32 Å². The lowest BCUT2D eigenvalue weighted by atomic mass is 10.0. The predicted molar refractivity (Wildman–Crippen MR) is 70.1 cm³/mol. The summed E-state index contributed by atoms with van der Waals surface area (Å²) in [6, 6.07) is 0.641. The van der Waals surface area contributed by atoms with Crippen molar-refractivity contribution in [3.05, 3.63) is 0 Å². The minimum atomic E-state index is -0.546. The van der Waals surface area contributed by atoms with Crippen LogP contribution >= 0.6 is 0 Å². The summed E-state index contributed by atoms with van der Waals surface area (Å²) >= 11 is 0. The van der Waals surface area contributed by atoms with Gasteiger partial charge in [0.15, 0.2) is 0 Å². The average molecular weight is 243 g/mol. The van der Waals surface area contributed by atoms with Crippen molar-refractivity contribution >= 4 is 10.8 Å². The Bertz CT molecular complexity index is 238. The molecule has 0 aliphatic heterocycles. The topological polar surface area (TPSA) is 29.1 Å². The predicted octanol–water partition coefficient (Wildman–Crippen LogP) is 2.60. The molecule has 0 heterocycles. The molecule has 2 nitrogen and oxygen atoms in total. The zero-order chi connectivity index (χ0) is 11.4. The summed E-state index contributed by atoms with van der Waals surface area (Å²) < 4.78 is 12.4. The first-order valence-corrected chi connectivity index (χ1v) is 8.21. The second-order valence-corrected chi connectivity index (χ2v) is 7.27. The smallest absolute Gasteiger partial charge is 0.0366 e. The molecule has 0 spiro atoms. The first kappa shape index (κ1) is 12.6. The molecule has 2 saturated carbocycles. The second kappa shape index (κ2) is 6.15. The van der Waals surface area contributed by atoms with Gasteiger partial charge in [-0.3, -0.25) is 4.21 Å². The molecule has 0 bridgehead atoms. The monoisotopic (exact) mass is 243 g/mol. The Kier molecular flexibility index (Phi) is 4.83. The quantitative estimate of drug-likeness (QED) is 0.822.